The first-order valence-corrected chi connectivity index (χ1v) is 13.8. The summed E-state index contributed by atoms with van der Waals surface area (Å²) in [6.45, 7) is 4.92. The highest BCUT2D eigenvalue weighted by atomic mass is 35.5. The van der Waals surface area contributed by atoms with Crippen LogP contribution in [0.5, 0.6) is 0 Å². The van der Waals surface area contributed by atoms with Crippen LogP contribution in [0.25, 0.3) is 17.0 Å². The summed E-state index contributed by atoms with van der Waals surface area (Å²) in [4.78, 5) is 30.5. The minimum Gasteiger partial charge on any atom is -0.506 e. The number of esters is 1. The van der Waals surface area contributed by atoms with Crippen molar-refractivity contribution in [3.05, 3.63) is 81.0 Å². The predicted molar refractivity (Wildman–Crippen MR) is 157 cm³/mol. The second-order valence-electron chi connectivity index (χ2n) is 8.67. The summed E-state index contributed by atoms with van der Waals surface area (Å²) >= 11 is 7.18. The van der Waals surface area contributed by atoms with Gasteiger partial charge in [0, 0.05) is 35.8 Å². The maximum Gasteiger partial charge on any atom is 0.344 e. The molecule has 1 aliphatic rings. The highest BCUT2D eigenvalue weighted by Crippen LogP contribution is 2.41. The van der Waals surface area contributed by atoms with Crippen LogP contribution in [0.15, 0.2) is 69.9 Å². The van der Waals surface area contributed by atoms with Gasteiger partial charge in [-0.1, -0.05) is 48.5 Å². The number of nitrogens with zero attached hydrogens (tertiary/aromatic N) is 2. The van der Waals surface area contributed by atoms with Crippen LogP contribution in [0.2, 0.25) is 5.02 Å². The standard InChI is InChI=1S/C29H30ClN3O5S/c1-4-18-7-6-8-22-19(16-33(26(18)22)17-24(34)31-13-14-37-3)15-23-27(35)25(29(36)38-5-2)28(39-23)32-21-11-9-20(30)10-12-21/h6-12,15-16,35H,4-5,13-14,17H2,1-3H3,(H,31,34)/b23-15-,32-28?. The third-order valence-corrected chi connectivity index (χ3v) is 7.32. The number of aliphatic hydroxyl groups excluding tert-OH is 1. The minimum absolute atomic E-state index is 0.0126. The molecule has 10 heteroatoms. The van der Waals surface area contributed by atoms with E-state index in [-0.39, 0.29) is 30.4 Å². The molecule has 204 valence electrons. The van der Waals surface area contributed by atoms with Gasteiger partial charge in [0.05, 0.1) is 29.3 Å². The van der Waals surface area contributed by atoms with E-state index in [1.807, 2.05) is 35.0 Å². The van der Waals surface area contributed by atoms with Gasteiger partial charge in [-0.05, 0) is 49.2 Å². The largest absolute Gasteiger partial charge is 0.506 e. The molecule has 8 nitrogen and oxygen atoms in total. The van der Waals surface area contributed by atoms with Gasteiger partial charge in [0.25, 0.3) is 0 Å². The lowest BCUT2D eigenvalue weighted by molar-refractivity contribution is -0.138. The van der Waals surface area contributed by atoms with Crippen LogP contribution in [-0.4, -0.2) is 53.5 Å². The van der Waals surface area contributed by atoms with Crippen molar-refractivity contribution in [3.8, 4) is 0 Å². The van der Waals surface area contributed by atoms with Gasteiger partial charge < -0.3 is 24.5 Å². The number of aliphatic imine (C=N–C) groups is 1. The number of para-hydroxylation sites is 1. The second-order valence-corrected chi connectivity index (χ2v) is 10.1. The number of methoxy groups -OCH3 is 1. The fourth-order valence-electron chi connectivity index (χ4n) is 4.26. The zero-order valence-electron chi connectivity index (χ0n) is 22.0. The predicted octanol–water partition coefficient (Wildman–Crippen LogP) is 5.81. The van der Waals surface area contributed by atoms with E-state index >= 15 is 0 Å². The molecule has 0 saturated carbocycles. The number of hydrogen-bond acceptors (Lipinski definition) is 7. The van der Waals surface area contributed by atoms with Gasteiger partial charge in [-0.2, -0.15) is 0 Å². The Bertz CT molecular complexity index is 1470. The number of rotatable bonds is 10. The lowest BCUT2D eigenvalue weighted by Crippen LogP contribution is -2.30. The Balaban J connectivity index is 1.77. The number of ether oxygens (including phenoxy) is 2. The summed E-state index contributed by atoms with van der Waals surface area (Å²) in [6.07, 6.45) is 4.48. The van der Waals surface area contributed by atoms with Gasteiger partial charge in [0.1, 0.15) is 22.9 Å². The average Bonchev–Trinajstić information content (AvgIpc) is 3.42. The number of fused-ring (bicyclic) bond motifs is 1. The van der Waals surface area contributed by atoms with Crippen LogP contribution < -0.4 is 5.32 Å². The summed E-state index contributed by atoms with van der Waals surface area (Å²) in [7, 11) is 1.59. The van der Waals surface area contributed by atoms with Crippen molar-refractivity contribution in [1.82, 2.24) is 9.88 Å². The molecule has 1 aliphatic heterocycles. The van der Waals surface area contributed by atoms with Crippen LogP contribution in [0.4, 0.5) is 5.69 Å². The van der Waals surface area contributed by atoms with Crippen molar-refractivity contribution in [3.63, 3.8) is 0 Å². The molecule has 0 unspecified atom stereocenters. The summed E-state index contributed by atoms with van der Waals surface area (Å²) in [5, 5.41) is 15.8. The van der Waals surface area contributed by atoms with Crippen molar-refractivity contribution < 1.29 is 24.2 Å². The highest BCUT2D eigenvalue weighted by Gasteiger charge is 2.33. The Hall–Kier alpha value is -3.53. The molecule has 0 fully saturated rings. The number of nitrogens with one attached hydrogen (secondary N) is 1. The molecule has 2 aromatic carbocycles. The Labute approximate surface area is 236 Å². The zero-order valence-corrected chi connectivity index (χ0v) is 23.6. The average molecular weight is 568 g/mol. The number of carbonyl (C=O) groups is 2. The van der Waals surface area contributed by atoms with Gasteiger partial charge >= 0.3 is 5.97 Å². The smallest absolute Gasteiger partial charge is 0.344 e. The number of halogens is 1. The third-order valence-electron chi connectivity index (χ3n) is 6.05. The molecule has 39 heavy (non-hydrogen) atoms. The van der Waals surface area contributed by atoms with E-state index in [0.717, 1.165) is 28.5 Å². The molecule has 0 spiro atoms. The van der Waals surface area contributed by atoms with Gasteiger partial charge in [-0.25, -0.2) is 9.79 Å². The van der Waals surface area contributed by atoms with Gasteiger partial charge in [-0.15, -0.1) is 0 Å². The normalized spacial score (nSPS) is 15.5. The van der Waals surface area contributed by atoms with Gasteiger partial charge in [-0.3, -0.25) is 4.79 Å². The summed E-state index contributed by atoms with van der Waals surface area (Å²) < 4.78 is 12.2. The number of aryl methyl sites for hydroxylation is 1. The molecular weight excluding hydrogens is 538 g/mol. The molecule has 0 aliphatic carbocycles. The van der Waals surface area contributed by atoms with E-state index < -0.39 is 5.97 Å². The number of carbonyl (C=O) groups excluding carboxylic acids is 2. The van der Waals surface area contributed by atoms with E-state index in [4.69, 9.17) is 21.1 Å². The quantitative estimate of drug-likeness (QED) is 0.237. The monoisotopic (exact) mass is 567 g/mol. The molecule has 3 aromatic rings. The van der Waals surface area contributed by atoms with Crippen LogP contribution in [-0.2, 0) is 32.0 Å². The van der Waals surface area contributed by atoms with E-state index in [2.05, 4.69) is 17.2 Å². The summed E-state index contributed by atoms with van der Waals surface area (Å²) in [5.74, 6) is -0.980. The molecule has 2 N–H and O–H groups in total. The molecule has 1 aromatic heterocycles. The van der Waals surface area contributed by atoms with Gasteiger partial charge in [0.2, 0.25) is 5.91 Å². The number of thioether (sulfide) groups is 1. The fourth-order valence-corrected chi connectivity index (χ4v) is 5.41. The maximum atomic E-state index is 12.8. The Morgan fingerprint density at radius 2 is 1.95 bits per heavy atom. The Morgan fingerprint density at radius 3 is 2.64 bits per heavy atom. The van der Waals surface area contributed by atoms with Crippen molar-refractivity contribution in [2.24, 2.45) is 4.99 Å². The van der Waals surface area contributed by atoms with E-state index in [0.29, 0.717) is 33.8 Å². The zero-order chi connectivity index (χ0) is 27.9. The molecule has 0 atom stereocenters. The highest BCUT2D eigenvalue weighted by molar-refractivity contribution is 8.18. The summed E-state index contributed by atoms with van der Waals surface area (Å²) in [5.41, 5.74) is 3.44. The van der Waals surface area contributed by atoms with E-state index in [9.17, 15) is 14.7 Å². The van der Waals surface area contributed by atoms with Crippen LogP contribution in [0, 0.1) is 0 Å². The number of hydrogen-bond donors (Lipinski definition) is 2. The lowest BCUT2D eigenvalue weighted by Gasteiger charge is -2.09. The van der Waals surface area contributed by atoms with Crippen molar-refractivity contribution in [2.75, 3.05) is 26.9 Å². The van der Waals surface area contributed by atoms with E-state index in [1.54, 1.807) is 38.3 Å². The molecule has 1 amide bonds. The first kappa shape index (κ1) is 28.5. The third kappa shape index (κ3) is 6.55. The molecular formula is C29H30ClN3O5S. The van der Waals surface area contributed by atoms with Crippen LogP contribution in [0.1, 0.15) is 25.0 Å². The number of aliphatic hydroxyl groups is 1. The van der Waals surface area contributed by atoms with E-state index in [1.165, 1.54) is 11.8 Å². The topological polar surface area (TPSA) is 102 Å². The maximum absolute atomic E-state index is 12.8. The molecule has 0 saturated heterocycles. The van der Waals surface area contributed by atoms with Crippen molar-refractivity contribution in [1.29, 1.82) is 0 Å². The van der Waals surface area contributed by atoms with Crippen LogP contribution >= 0.6 is 23.4 Å². The van der Waals surface area contributed by atoms with Gasteiger partial charge in [0.15, 0.2) is 0 Å². The first-order valence-electron chi connectivity index (χ1n) is 12.6. The number of amides is 1. The second kappa shape index (κ2) is 13.0. The minimum atomic E-state index is -0.651. The van der Waals surface area contributed by atoms with Crippen LogP contribution in [0.3, 0.4) is 0 Å². The summed E-state index contributed by atoms with van der Waals surface area (Å²) in [6, 6.07) is 12.9. The SMILES string of the molecule is CCOC(=O)C1=C(O)/C(=C/c2cn(CC(=O)NCCOC)c3c(CC)cccc23)SC1=Nc1ccc(Cl)cc1. The van der Waals surface area contributed by atoms with Crippen molar-refractivity contribution >= 4 is 62.9 Å². The lowest BCUT2D eigenvalue weighted by atomic mass is 10.1. The number of aromatic nitrogens is 1. The Morgan fingerprint density at radius 1 is 1.18 bits per heavy atom. The first-order chi connectivity index (χ1) is 18.9. The number of benzene rings is 2. The molecule has 0 bridgehead atoms. The van der Waals surface area contributed by atoms with Crippen molar-refractivity contribution in [2.45, 2.75) is 26.8 Å². The fraction of sp³-hybridized carbons (Fsp3) is 0.276. The molecule has 0 radical (unpaired) electrons. The molecule has 4 rings (SSSR count). The Kier molecular flexibility index (Phi) is 9.50. The molecule has 2 heterocycles.